The molecule has 2 saturated heterocycles. The normalized spacial score (nSPS) is 21.5. The van der Waals surface area contributed by atoms with Crippen LogP contribution < -0.4 is 4.90 Å². The number of benzene rings is 1. The largest absolute Gasteiger partial charge is 0.371 e. The van der Waals surface area contributed by atoms with E-state index in [4.69, 9.17) is 0 Å². The fourth-order valence-electron chi connectivity index (χ4n) is 5.33. The number of sulfonamides is 1. The molecule has 32 heavy (non-hydrogen) atoms. The first-order valence-corrected chi connectivity index (χ1v) is 13.6. The highest BCUT2D eigenvalue weighted by Gasteiger charge is 2.29. The Hall–Kier alpha value is -1.64. The zero-order valence-electron chi connectivity index (χ0n) is 19.6. The molecule has 0 bridgehead atoms. The minimum Gasteiger partial charge on any atom is -0.371 e. The van der Waals surface area contributed by atoms with Gasteiger partial charge in [-0.2, -0.15) is 0 Å². The number of rotatable bonds is 6. The van der Waals surface area contributed by atoms with E-state index in [0.717, 1.165) is 57.2 Å². The Balaban J connectivity index is 1.50. The zero-order valence-corrected chi connectivity index (χ0v) is 20.4. The number of carbonyl (C=O) groups excluding carboxylic acids is 1. The second-order valence-electron chi connectivity index (χ2n) is 9.76. The van der Waals surface area contributed by atoms with E-state index in [0.29, 0.717) is 18.7 Å². The first-order chi connectivity index (χ1) is 15.4. The SMILES string of the molecule is CN(C)S(=O)(=O)c1ccc(N2CCCC2)c(C(=O)N2CCN(CC3CCCCC3)CC2)c1. The summed E-state index contributed by atoms with van der Waals surface area (Å²) in [7, 11) is -0.544. The van der Waals surface area contributed by atoms with Crippen molar-refractivity contribution in [3.63, 3.8) is 0 Å². The third-order valence-corrected chi connectivity index (χ3v) is 9.14. The van der Waals surface area contributed by atoms with Crippen LogP contribution >= 0.6 is 0 Å². The van der Waals surface area contributed by atoms with Crippen LogP contribution in [0, 0.1) is 5.92 Å². The Morgan fingerprint density at radius 3 is 2.22 bits per heavy atom. The topological polar surface area (TPSA) is 64.2 Å². The molecule has 0 spiro atoms. The van der Waals surface area contributed by atoms with Crippen LogP contribution in [-0.4, -0.2) is 88.3 Å². The monoisotopic (exact) mass is 462 g/mol. The molecule has 1 saturated carbocycles. The number of carbonyl (C=O) groups is 1. The molecule has 4 rings (SSSR count). The van der Waals surface area contributed by atoms with Crippen molar-refractivity contribution >= 4 is 21.6 Å². The van der Waals surface area contributed by atoms with Gasteiger partial charge in [0.1, 0.15) is 0 Å². The molecule has 0 aromatic heterocycles. The first kappa shape index (κ1) is 23.5. The molecule has 1 aromatic carbocycles. The molecule has 1 aromatic rings. The van der Waals surface area contributed by atoms with Crippen molar-refractivity contribution in [2.45, 2.75) is 49.8 Å². The highest BCUT2D eigenvalue weighted by Crippen LogP contribution is 2.30. The molecule has 1 aliphatic carbocycles. The van der Waals surface area contributed by atoms with Crippen molar-refractivity contribution in [3.05, 3.63) is 23.8 Å². The van der Waals surface area contributed by atoms with Crippen LogP contribution in [0.5, 0.6) is 0 Å². The molecule has 2 heterocycles. The van der Waals surface area contributed by atoms with E-state index in [-0.39, 0.29) is 10.8 Å². The summed E-state index contributed by atoms with van der Waals surface area (Å²) in [5, 5.41) is 0. The van der Waals surface area contributed by atoms with Crippen molar-refractivity contribution < 1.29 is 13.2 Å². The maximum Gasteiger partial charge on any atom is 0.256 e. The van der Waals surface area contributed by atoms with E-state index in [2.05, 4.69) is 9.80 Å². The van der Waals surface area contributed by atoms with Crippen molar-refractivity contribution in [2.24, 2.45) is 5.92 Å². The fourth-order valence-corrected chi connectivity index (χ4v) is 6.26. The summed E-state index contributed by atoms with van der Waals surface area (Å²) >= 11 is 0. The first-order valence-electron chi connectivity index (χ1n) is 12.2. The number of piperazine rings is 1. The van der Waals surface area contributed by atoms with Gasteiger partial charge in [-0.3, -0.25) is 9.69 Å². The molecule has 7 nitrogen and oxygen atoms in total. The second-order valence-corrected chi connectivity index (χ2v) is 11.9. The van der Waals surface area contributed by atoms with Crippen molar-refractivity contribution in [1.82, 2.24) is 14.1 Å². The summed E-state index contributed by atoms with van der Waals surface area (Å²) in [5.74, 6) is 0.765. The van der Waals surface area contributed by atoms with Gasteiger partial charge in [0, 0.05) is 65.6 Å². The van der Waals surface area contributed by atoms with E-state index in [1.54, 1.807) is 12.1 Å². The summed E-state index contributed by atoms with van der Waals surface area (Å²) in [6.07, 6.45) is 8.97. The Kier molecular flexibility index (Phi) is 7.42. The number of amides is 1. The van der Waals surface area contributed by atoms with Gasteiger partial charge in [0.05, 0.1) is 10.5 Å². The lowest BCUT2D eigenvalue weighted by atomic mass is 9.89. The van der Waals surface area contributed by atoms with Crippen molar-refractivity contribution in [3.8, 4) is 0 Å². The van der Waals surface area contributed by atoms with Crippen molar-refractivity contribution in [1.29, 1.82) is 0 Å². The van der Waals surface area contributed by atoms with Gasteiger partial charge in [0.2, 0.25) is 10.0 Å². The third kappa shape index (κ3) is 5.13. The van der Waals surface area contributed by atoms with Gasteiger partial charge in [-0.15, -0.1) is 0 Å². The lowest BCUT2D eigenvalue weighted by molar-refractivity contribution is 0.0606. The molecular weight excluding hydrogens is 424 g/mol. The fraction of sp³-hybridized carbons (Fsp3) is 0.708. The molecule has 3 aliphatic rings. The Morgan fingerprint density at radius 1 is 0.938 bits per heavy atom. The molecule has 1 amide bonds. The number of nitrogens with zero attached hydrogens (tertiary/aromatic N) is 4. The van der Waals surface area contributed by atoms with Crippen LogP contribution in [0.3, 0.4) is 0 Å². The summed E-state index contributed by atoms with van der Waals surface area (Å²) in [5.41, 5.74) is 1.39. The van der Waals surface area contributed by atoms with Crippen LogP contribution in [0.25, 0.3) is 0 Å². The highest BCUT2D eigenvalue weighted by atomic mass is 32.2. The average molecular weight is 463 g/mol. The second kappa shape index (κ2) is 10.1. The highest BCUT2D eigenvalue weighted by molar-refractivity contribution is 7.89. The van der Waals surface area contributed by atoms with Crippen LogP contribution in [-0.2, 0) is 10.0 Å². The lowest BCUT2D eigenvalue weighted by Crippen LogP contribution is -2.50. The van der Waals surface area contributed by atoms with Crippen LogP contribution in [0.4, 0.5) is 5.69 Å². The third-order valence-electron chi connectivity index (χ3n) is 7.32. The quantitative estimate of drug-likeness (QED) is 0.651. The number of anilines is 1. The predicted molar refractivity (Wildman–Crippen MR) is 128 cm³/mol. The van der Waals surface area contributed by atoms with Gasteiger partial charge in [-0.25, -0.2) is 12.7 Å². The predicted octanol–water partition coefficient (Wildman–Crippen LogP) is 2.88. The molecule has 3 fully saturated rings. The van der Waals surface area contributed by atoms with E-state index in [1.807, 2.05) is 11.0 Å². The van der Waals surface area contributed by atoms with Gasteiger partial charge in [-0.1, -0.05) is 19.3 Å². The van der Waals surface area contributed by atoms with Gasteiger partial charge in [0.25, 0.3) is 5.91 Å². The maximum absolute atomic E-state index is 13.6. The van der Waals surface area contributed by atoms with E-state index in [1.165, 1.54) is 50.5 Å². The van der Waals surface area contributed by atoms with E-state index >= 15 is 0 Å². The minimum atomic E-state index is -3.59. The van der Waals surface area contributed by atoms with Gasteiger partial charge < -0.3 is 9.80 Å². The summed E-state index contributed by atoms with van der Waals surface area (Å²) in [4.78, 5) is 20.4. The molecule has 178 valence electrons. The number of hydrogen-bond acceptors (Lipinski definition) is 5. The molecule has 0 atom stereocenters. The average Bonchev–Trinajstić information content (AvgIpc) is 3.34. The summed E-state index contributed by atoms with van der Waals surface area (Å²) < 4.78 is 26.7. The minimum absolute atomic E-state index is 0.0416. The number of hydrogen-bond donors (Lipinski definition) is 0. The Bertz CT molecular complexity index is 898. The molecule has 8 heteroatoms. The van der Waals surface area contributed by atoms with Crippen LogP contribution in [0.2, 0.25) is 0 Å². The molecule has 2 aliphatic heterocycles. The summed E-state index contributed by atoms with van der Waals surface area (Å²) in [6.45, 7) is 6.18. The lowest BCUT2D eigenvalue weighted by Gasteiger charge is -2.37. The van der Waals surface area contributed by atoms with Gasteiger partial charge in [0.15, 0.2) is 0 Å². The van der Waals surface area contributed by atoms with E-state index in [9.17, 15) is 13.2 Å². The standard InChI is InChI=1S/C24H38N4O3S/c1-25(2)32(30,31)21-10-11-23(27-12-6-7-13-27)22(18-21)24(29)28-16-14-26(15-17-28)19-20-8-4-3-5-9-20/h10-11,18,20H,3-9,12-17,19H2,1-2H3. The zero-order chi connectivity index (χ0) is 22.7. The summed E-state index contributed by atoms with van der Waals surface area (Å²) in [6, 6.07) is 5.07. The van der Waals surface area contributed by atoms with E-state index < -0.39 is 10.0 Å². The van der Waals surface area contributed by atoms with Gasteiger partial charge in [-0.05, 0) is 49.8 Å². The molecule has 0 radical (unpaired) electrons. The Labute approximate surface area is 193 Å². The van der Waals surface area contributed by atoms with Crippen molar-refractivity contribution in [2.75, 3.05) is 64.8 Å². The Morgan fingerprint density at radius 2 is 1.59 bits per heavy atom. The molecular formula is C24H38N4O3S. The smallest absolute Gasteiger partial charge is 0.256 e. The van der Waals surface area contributed by atoms with Crippen LogP contribution in [0.1, 0.15) is 55.3 Å². The van der Waals surface area contributed by atoms with Crippen LogP contribution in [0.15, 0.2) is 23.1 Å². The molecule has 0 N–H and O–H groups in total. The maximum atomic E-state index is 13.6. The van der Waals surface area contributed by atoms with Gasteiger partial charge >= 0.3 is 0 Å². The molecule has 0 unspecified atom stereocenters.